The first-order valence-electron chi connectivity index (χ1n) is 5.73. The van der Waals surface area contributed by atoms with Gasteiger partial charge >= 0.3 is 0 Å². The molecule has 5 nitrogen and oxygen atoms in total. The summed E-state index contributed by atoms with van der Waals surface area (Å²) in [5.74, 6) is -0.0569. The molecule has 2 N–H and O–H groups in total. The molecule has 0 bridgehead atoms. The molecule has 2 rings (SSSR count). The molecule has 106 valence electrons. The van der Waals surface area contributed by atoms with Crippen molar-refractivity contribution in [3.8, 4) is 0 Å². The zero-order valence-corrected chi connectivity index (χ0v) is 12.3. The summed E-state index contributed by atoms with van der Waals surface area (Å²) in [7, 11) is 0. The average molecular weight is 305 g/mol. The van der Waals surface area contributed by atoms with E-state index in [4.69, 9.17) is 0 Å². The number of rotatable bonds is 5. The molecule has 0 atom stereocenters. The van der Waals surface area contributed by atoms with Crippen molar-refractivity contribution in [1.29, 1.82) is 0 Å². The lowest BCUT2D eigenvalue weighted by molar-refractivity contribution is 0.0953. The fraction of sp³-hybridized carbons (Fsp3) is 0.333. The van der Waals surface area contributed by atoms with Crippen molar-refractivity contribution in [1.82, 2.24) is 20.0 Å². The Morgan fingerprint density at radius 3 is 2.84 bits per heavy atom. The fourth-order valence-electron chi connectivity index (χ4n) is 1.60. The molecule has 2 heterocycles. The van der Waals surface area contributed by atoms with Gasteiger partial charge in [-0.3, -0.25) is 4.79 Å². The van der Waals surface area contributed by atoms with Gasteiger partial charge in [0.1, 0.15) is 5.65 Å². The predicted molar refractivity (Wildman–Crippen MR) is 80.6 cm³/mol. The summed E-state index contributed by atoms with van der Waals surface area (Å²) in [6, 6.07) is 3.62. The molecule has 2 aromatic heterocycles. The van der Waals surface area contributed by atoms with E-state index in [1.807, 2.05) is 23.6 Å². The van der Waals surface area contributed by atoms with Gasteiger partial charge in [0.15, 0.2) is 0 Å². The van der Waals surface area contributed by atoms with E-state index >= 15 is 0 Å². The minimum atomic E-state index is -0.0569. The van der Waals surface area contributed by atoms with Crippen LogP contribution in [-0.2, 0) is 0 Å². The average Bonchev–Trinajstić information content (AvgIpc) is 2.81. The van der Waals surface area contributed by atoms with Crippen molar-refractivity contribution in [3.63, 3.8) is 0 Å². The minimum Gasteiger partial charge on any atom is -0.351 e. The Balaban J connectivity index is 0.00000162. The third-order valence-corrected chi connectivity index (χ3v) is 2.49. The molecule has 0 unspecified atom stereocenters. The van der Waals surface area contributed by atoms with Gasteiger partial charge in [0, 0.05) is 31.7 Å². The van der Waals surface area contributed by atoms with Crippen molar-refractivity contribution in [3.05, 3.63) is 36.3 Å². The first-order valence-corrected chi connectivity index (χ1v) is 5.73. The second-order valence-electron chi connectivity index (χ2n) is 3.72. The van der Waals surface area contributed by atoms with Crippen molar-refractivity contribution < 1.29 is 4.79 Å². The zero-order valence-electron chi connectivity index (χ0n) is 10.6. The second kappa shape index (κ2) is 8.74. The lowest BCUT2D eigenvalue weighted by Gasteiger charge is -2.05. The van der Waals surface area contributed by atoms with E-state index in [2.05, 4.69) is 15.6 Å². The number of nitrogens with zero attached hydrogens (tertiary/aromatic N) is 2. The van der Waals surface area contributed by atoms with E-state index in [0.717, 1.165) is 18.7 Å². The second-order valence-corrected chi connectivity index (χ2v) is 3.72. The topological polar surface area (TPSA) is 58.4 Å². The third kappa shape index (κ3) is 4.70. The highest BCUT2D eigenvalue weighted by molar-refractivity contribution is 5.94. The van der Waals surface area contributed by atoms with Gasteiger partial charge in [-0.2, -0.15) is 0 Å². The van der Waals surface area contributed by atoms with Crippen molar-refractivity contribution in [2.75, 3.05) is 19.6 Å². The van der Waals surface area contributed by atoms with Gasteiger partial charge in [-0.25, -0.2) is 4.98 Å². The number of amides is 1. The molecule has 0 aliphatic rings. The van der Waals surface area contributed by atoms with Crippen LogP contribution in [0, 0.1) is 0 Å². The monoisotopic (exact) mass is 304 g/mol. The highest BCUT2D eigenvalue weighted by Crippen LogP contribution is 2.04. The Bertz CT molecular complexity index is 515. The first-order chi connectivity index (χ1) is 8.31. The molecule has 0 spiro atoms. The molecule has 0 aliphatic carbocycles. The quantitative estimate of drug-likeness (QED) is 0.824. The van der Waals surface area contributed by atoms with Crippen LogP contribution in [0.25, 0.3) is 5.65 Å². The Labute approximate surface area is 124 Å². The number of halogens is 2. The Morgan fingerprint density at radius 1 is 1.32 bits per heavy atom. The van der Waals surface area contributed by atoms with Crippen LogP contribution in [0.2, 0.25) is 0 Å². The number of likely N-dealkylation sites (N-methyl/N-ethyl adjacent to an activating group) is 1. The van der Waals surface area contributed by atoms with Crippen molar-refractivity contribution in [2.24, 2.45) is 0 Å². The van der Waals surface area contributed by atoms with Gasteiger partial charge in [0.05, 0.1) is 5.56 Å². The summed E-state index contributed by atoms with van der Waals surface area (Å²) in [5, 5.41) is 6.01. The Morgan fingerprint density at radius 2 is 2.11 bits per heavy atom. The number of hydrogen-bond acceptors (Lipinski definition) is 3. The van der Waals surface area contributed by atoms with Gasteiger partial charge < -0.3 is 15.0 Å². The number of carbonyl (C=O) groups excluding carboxylic acids is 1. The lowest BCUT2D eigenvalue weighted by atomic mass is 10.2. The van der Waals surface area contributed by atoms with E-state index in [-0.39, 0.29) is 30.7 Å². The number of hydrogen-bond donors (Lipinski definition) is 2. The minimum absolute atomic E-state index is 0. The van der Waals surface area contributed by atoms with Crippen LogP contribution in [0.3, 0.4) is 0 Å². The van der Waals surface area contributed by atoms with Gasteiger partial charge in [0.25, 0.3) is 5.91 Å². The van der Waals surface area contributed by atoms with Crippen LogP contribution in [-0.4, -0.2) is 34.9 Å². The molecule has 19 heavy (non-hydrogen) atoms. The standard InChI is InChI=1S/C12H16N4O.2ClH/c1-2-13-5-6-15-12(17)10-3-4-11-14-7-8-16(11)9-10;;/h3-4,7-9,13H,2,5-6H2,1H3,(H,15,17);2*1H. The maximum atomic E-state index is 11.8. The Kier molecular flexibility index (Phi) is 8.14. The number of fused-ring (bicyclic) bond motifs is 1. The van der Waals surface area contributed by atoms with Gasteiger partial charge in [-0.1, -0.05) is 6.92 Å². The van der Waals surface area contributed by atoms with Crippen LogP contribution in [0.1, 0.15) is 17.3 Å². The lowest BCUT2D eigenvalue weighted by Crippen LogP contribution is -2.31. The molecular weight excluding hydrogens is 287 g/mol. The summed E-state index contributed by atoms with van der Waals surface area (Å²) >= 11 is 0. The van der Waals surface area contributed by atoms with E-state index < -0.39 is 0 Å². The molecule has 1 amide bonds. The molecule has 0 fully saturated rings. The fourth-order valence-corrected chi connectivity index (χ4v) is 1.60. The number of nitrogens with one attached hydrogen (secondary N) is 2. The highest BCUT2D eigenvalue weighted by Gasteiger charge is 2.05. The molecule has 7 heteroatoms. The maximum absolute atomic E-state index is 11.8. The molecule has 0 radical (unpaired) electrons. The van der Waals surface area contributed by atoms with E-state index in [0.29, 0.717) is 12.1 Å². The molecule has 0 aromatic carbocycles. The van der Waals surface area contributed by atoms with Crippen LogP contribution in [0.5, 0.6) is 0 Å². The van der Waals surface area contributed by atoms with Crippen LogP contribution in [0.15, 0.2) is 30.7 Å². The smallest absolute Gasteiger partial charge is 0.252 e. The highest BCUT2D eigenvalue weighted by atomic mass is 35.5. The van der Waals surface area contributed by atoms with Crippen LogP contribution < -0.4 is 10.6 Å². The van der Waals surface area contributed by atoms with Gasteiger partial charge in [-0.15, -0.1) is 24.8 Å². The summed E-state index contributed by atoms with van der Waals surface area (Å²) < 4.78 is 1.83. The van der Waals surface area contributed by atoms with E-state index in [9.17, 15) is 4.79 Å². The van der Waals surface area contributed by atoms with Crippen LogP contribution in [0.4, 0.5) is 0 Å². The van der Waals surface area contributed by atoms with Gasteiger partial charge in [-0.05, 0) is 18.7 Å². The molecule has 0 saturated carbocycles. The maximum Gasteiger partial charge on any atom is 0.252 e. The first kappa shape index (κ1) is 17.7. The SMILES string of the molecule is CCNCCNC(=O)c1ccc2nccn2c1.Cl.Cl. The predicted octanol–water partition coefficient (Wildman–Crippen LogP) is 1.52. The zero-order chi connectivity index (χ0) is 12.1. The largest absolute Gasteiger partial charge is 0.351 e. The number of pyridine rings is 1. The summed E-state index contributed by atoms with van der Waals surface area (Å²) in [5.41, 5.74) is 1.49. The Hall–Kier alpha value is -1.30. The third-order valence-electron chi connectivity index (χ3n) is 2.49. The van der Waals surface area contributed by atoms with E-state index in [1.54, 1.807) is 18.5 Å². The number of carbonyl (C=O) groups is 1. The summed E-state index contributed by atoms with van der Waals surface area (Å²) in [4.78, 5) is 15.9. The van der Waals surface area contributed by atoms with Gasteiger partial charge in [0.2, 0.25) is 0 Å². The molecule has 0 saturated heterocycles. The van der Waals surface area contributed by atoms with Crippen LogP contribution >= 0.6 is 24.8 Å². The van der Waals surface area contributed by atoms with E-state index in [1.165, 1.54) is 0 Å². The molecule has 2 aromatic rings. The van der Waals surface area contributed by atoms with Crippen molar-refractivity contribution >= 4 is 36.4 Å². The summed E-state index contributed by atoms with van der Waals surface area (Å²) in [6.45, 7) is 4.37. The summed E-state index contributed by atoms with van der Waals surface area (Å²) in [6.07, 6.45) is 5.32. The van der Waals surface area contributed by atoms with Crippen molar-refractivity contribution in [2.45, 2.75) is 6.92 Å². The normalized spacial score (nSPS) is 9.53. The number of imidazole rings is 1. The number of aromatic nitrogens is 2. The molecular formula is C12H18Cl2N4O. The molecule has 0 aliphatic heterocycles.